The van der Waals surface area contributed by atoms with E-state index in [1.165, 1.54) is 4.57 Å². The molecule has 1 aliphatic rings. The first kappa shape index (κ1) is 24.2. The Morgan fingerprint density at radius 3 is 2.56 bits per heavy atom. The third-order valence-corrected chi connectivity index (χ3v) is 8.21. The summed E-state index contributed by atoms with van der Waals surface area (Å²) in [4.78, 5) is 34.2. The number of rotatable bonds is 9. The van der Waals surface area contributed by atoms with Crippen LogP contribution in [0.1, 0.15) is 37.6 Å². The van der Waals surface area contributed by atoms with E-state index < -0.39 is 21.1 Å². The van der Waals surface area contributed by atoms with Gasteiger partial charge in [-0.25, -0.2) is 18.2 Å². The number of nitrogens with zero attached hydrogens (tertiary/aromatic N) is 4. The minimum Gasteiger partial charge on any atom is -0.497 e. The molecule has 184 valence electrons. The summed E-state index contributed by atoms with van der Waals surface area (Å²) in [6.45, 7) is 3.37. The molecule has 1 saturated heterocycles. The largest absolute Gasteiger partial charge is 0.497 e. The SMILES string of the molecule is CCCCn1c(=O)[nH]c(=O)c2c1nc(CN(Cc1ccc(OC)cc1)[C@H]1CCS(=O)(=O)C1)n2C. The Morgan fingerprint density at radius 2 is 1.94 bits per heavy atom. The molecule has 11 heteroatoms. The van der Waals surface area contributed by atoms with Crippen molar-refractivity contribution in [3.63, 3.8) is 0 Å². The van der Waals surface area contributed by atoms with Crippen LogP contribution in [0.3, 0.4) is 0 Å². The number of imidazole rings is 1. The van der Waals surface area contributed by atoms with Gasteiger partial charge in [-0.3, -0.25) is 19.2 Å². The molecule has 0 aliphatic carbocycles. The Balaban J connectivity index is 1.72. The van der Waals surface area contributed by atoms with Crippen LogP contribution in [0, 0.1) is 0 Å². The van der Waals surface area contributed by atoms with Crippen LogP contribution in [0.2, 0.25) is 0 Å². The summed E-state index contributed by atoms with van der Waals surface area (Å²) in [7, 11) is 0.276. The molecule has 2 aromatic heterocycles. The van der Waals surface area contributed by atoms with Crippen molar-refractivity contribution in [3.8, 4) is 5.75 Å². The molecule has 1 aromatic carbocycles. The molecule has 0 spiro atoms. The lowest BCUT2D eigenvalue weighted by Gasteiger charge is -2.27. The number of methoxy groups -OCH3 is 1. The lowest BCUT2D eigenvalue weighted by molar-refractivity contribution is 0.188. The van der Waals surface area contributed by atoms with Crippen molar-refractivity contribution in [1.82, 2.24) is 24.0 Å². The quantitative estimate of drug-likeness (QED) is 0.483. The van der Waals surface area contributed by atoms with Crippen LogP contribution >= 0.6 is 0 Å². The smallest absolute Gasteiger partial charge is 0.330 e. The number of unbranched alkanes of at least 4 members (excludes halogenated alkanes) is 1. The van der Waals surface area contributed by atoms with Crippen molar-refractivity contribution < 1.29 is 13.2 Å². The molecule has 3 aromatic rings. The number of nitrogens with one attached hydrogen (secondary N) is 1. The standard InChI is InChI=1S/C23H31N5O5S/c1-4-5-11-28-21-20(22(29)25-23(28)30)26(2)19(24-21)14-27(17-10-12-34(31,32)15-17)13-16-6-8-18(33-3)9-7-16/h6-9,17H,4-5,10-15H2,1-3H3,(H,25,29,30)/t17-/m0/s1. The number of aromatic nitrogens is 4. The van der Waals surface area contributed by atoms with Crippen LogP contribution in [0.15, 0.2) is 33.9 Å². The summed E-state index contributed by atoms with van der Waals surface area (Å²) in [6, 6.07) is 7.50. The second-order valence-corrected chi connectivity index (χ2v) is 11.1. The van der Waals surface area contributed by atoms with Crippen molar-refractivity contribution in [2.45, 2.75) is 51.9 Å². The van der Waals surface area contributed by atoms with Crippen molar-refractivity contribution in [2.75, 3.05) is 18.6 Å². The minimum absolute atomic E-state index is 0.0922. The van der Waals surface area contributed by atoms with Gasteiger partial charge < -0.3 is 9.30 Å². The monoisotopic (exact) mass is 489 g/mol. The third kappa shape index (κ3) is 4.95. The first-order valence-electron chi connectivity index (χ1n) is 11.5. The molecule has 0 unspecified atom stereocenters. The molecule has 0 bridgehead atoms. The summed E-state index contributed by atoms with van der Waals surface area (Å²) in [6.07, 6.45) is 2.24. The Hall–Kier alpha value is -2.92. The number of benzene rings is 1. The first-order chi connectivity index (χ1) is 16.2. The van der Waals surface area contributed by atoms with Crippen LogP contribution in [-0.4, -0.2) is 57.1 Å². The van der Waals surface area contributed by atoms with E-state index in [0.717, 1.165) is 24.2 Å². The molecule has 10 nitrogen and oxygen atoms in total. The van der Waals surface area contributed by atoms with Gasteiger partial charge in [-0.2, -0.15) is 0 Å². The summed E-state index contributed by atoms with van der Waals surface area (Å²) in [5.41, 5.74) is 0.783. The highest BCUT2D eigenvalue weighted by Crippen LogP contribution is 2.24. The fourth-order valence-corrected chi connectivity index (χ4v) is 6.24. The number of sulfone groups is 1. The van der Waals surface area contributed by atoms with Crippen LogP contribution in [0.25, 0.3) is 11.2 Å². The Kier molecular flexibility index (Phi) is 6.94. The van der Waals surface area contributed by atoms with E-state index in [4.69, 9.17) is 9.72 Å². The molecular weight excluding hydrogens is 458 g/mol. The van der Waals surface area contributed by atoms with Gasteiger partial charge in [0.15, 0.2) is 21.0 Å². The molecule has 1 aliphatic heterocycles. The lowest BCUT2D eigenvalue weighted by Crippen LogP contribution is -2.36. The van der Waals surface area contributed by atoms with E-state index in [0.29, 0.717) is 43.0 Å². The van der Waals surface area contributed by atoms with Gasteiger partial charge in [-0.1, -0.05) is 25.5 Å². The summed E-state index contributed by atoms with van der Waals surface area (Å²) in [5, 5.41) is 0. The molecule has 0 radical (unpaired) electrons. The highest BCUT2D eigenvalue weighted by Gasteiger charge is 2.33. The van der Waals surface area contributed by atoms with Crippen LogP contribution in [0.5, 0.6) is 5.75 Å². The van der Waals surface area contributed by atoms with Gasteiger partial charge in [0, 0.05) is 26.2 Å². The molecule has 3 heterocycles. The Labute approximate surface area is 198 Å². The number of H-pyrrole nitrogens is 1. The van der Waals surface area contributed by atoms with Crippen LogP contribution in [0.4, 0.5) is 0 Å². The fourth-order valence-electron chi connectivity index (χ4n) is 4.48. The van der Waals surface area contributed by atoms with E-state index in [2.05, 4.69) is 9.88 Å². The predicted octanol–water partition coefficient (Wildman–Crippen LogP) is 1.42. The Bertz CT molecular complexity index is 1390. The van der Waals surface area contributed by atoms with E-state index in [-0.39, 0.29) is 17.5 Å². The maximum Gasteiger partial charge on any atom is 0.330 e. The van der Waals surface area contributed by atoms with Gasteiger partial charge in [0.1, 0.15) is 11.6 Å². The van der Waals surface area contributed by atoms with E-state index in [9.17, 15) is 18.0 Å². The molecule has 4 rings (SSSR count). The molecule has 1 fully saturated rings. The van der Waals surface area contributed by atoms with Gasteiger partial charge in [-0.05, 0) is 30.5 Å². The van der Waals surface area contributed by atoms with E-state index in [1.807, 2.05) is 31.2 Å². The second kappa shape index (κ2) is 9.75. The molecule has 0 amide bonds. The molecule has 34 heavy (non-hydrogen) atoms. The summed E-state index contributed by atoms with van der Waals surface area (Å²) >= 11 is 0. The zero-order valence-electron chi connectivity index (χ0n) is 19.8. The van der Waals surface area contributed by atoms with Crippen LogP contribution < -0.4 is 16.0 Å². The van der Waals surface area contributed by atoms with Gasteiger partial charge >= 0.3 is 5.69 Å². The average molecular weight is 490 g/mol. The highest BCUT2D eigenvalue weighted by atomic mass is 32.2. The van der Waals surface area contributed by atoms with Gasteiger partial charge in [0.25, 0.3) is 5.56 Å². The number of hydrogen-bond donors (Lipinski definition) is 1. The number of aromatic amines is 1. The Morgan fingerprint density at radius 1 is 1.21 bits per heavy atom. The predicted molar refractivity (Wildman–Crippen MR) is 130 cm³/mol. The molecule has 1 N–H and O–H groups in total. The maximum absolute atomic E-state index is 12.6. The third-order valence-electron chi connectivity index (χ3n) is 6.46. The minimum atomic E-state index is -3.09. The molecule has 1 atom stereocenters. The van der Waals surface area contributed by atoms with Gasteiger partial charge in [0.2, 0.25) is 0 Å². The lowest BCUT2D eigenvalue weighted by atomic mass is 10.1. The van der Waals surface area contributed by atoms with Crippen molar-refractivity contribution in [1.29, 1.82) is 0 Å². The molecular formula is C23H31N5O5S. The number of ether oxygens (including phenoxy) is 1. The highest BCUT2D eigenvalue weighted by molar-refractivity contribution is 7.91. The molecule has 0 saturated carbocycles. The average Bonchev–Trinajstić information content (AvgIpc) is 3.33. The van der Waals surface area contributed by atoms with E-state index >= 15 is 0 Å². The summed E-state index contributed by atoms with van der Waals surface area (Å²) in [5.74, 6) is 1.61. The number of fused-ring (bicyclic) bond motifs is 1. The van der Waals surface area contributed by atoms with E-state index in [1.54, 1.807) is 18.7 Å². The summed E-state index contributed by atoms with van der Waals surface area (Å²) < 4.78 is 32.9. The van der Waals surface area contributed by atoms with Crippen molar-refractivity contribution in [2.24, 2.45) is 7.05 Å². The fraction of sp³-hybridized carbons (Fsp3) is 0.522. The zero-order valence-corrected chi connectivity index (χ0v) is 20.6. The number of hydrogen-bond acceptors (Lipinski definition) is 7. The number of aryl methyl sites for hydroxylation is 2. The van der Waals surface area contributed by atoms with Gasteiger partial charge in [0.05, 0.1) is 25.2 Å². The second-order valence-electron chi connectivity index (χ2n) is 8.83. The van der Waals surface area contributed by atoms with Crippen molar-refractivity contribution in [3.05, 3.63) is 56.5 Å². The van der Waals surface area contributed by atoms with Gasteiger partial charge in [-0.15, -0.1) is 0 Å². The van der Waals surface area contributed by atoms with Crippen molar-refractivity contribution >= 4 is 21.0 Å². The first-order valence-corrected chi connectivity index (χ1v) is 13.3. The topological polar surface area (TPSA) is 119 Å². The van der Waals surface area contributed by atoms with Crippen LogP contribution in [-0.2, 0) is 36.5 Å². The zero-order chi connectivity index (χ0) is 24.5. The normalized spacial score (nSPS) is 17.6. The maximum atomic E-state index is 12.6.